The fraction of sp³-hybridized carbons (Fsp3) is 0.238. The van der Waals surface area contributed by atoms with E-state index in [0.717, 1.165) is 6.42 Å². The topological polar surface area (TPSA) is 75.0 Å². The molecule has 1 aliphatic heterocycles. The first-order valence-electron chi connectivity index (χ1n) is 8.81. The number of methoxy groups -OCH3 is 1. The van der Waals surface area contributed by atoms with Crippen LogP contribution < -0.4 is 14.9 Å². The molecule has 144 valence electrons. The molecule has 0 spiro atoms. The molecule has 1 unspecified atom stereocenters. The lowest BCUT2D eigenvalue weighted by molar-refractivity contribution is -0.144. The highest BCUT2D eigenvalue weighted by atomic mass is 79.9. The summed E-state index contributed by atoms with van der Waals surface area (Å²) in [7, 11) is 1.56. The summed E-state index contributed by atoms with van der Waals surface area (Å²) in [5.74, 6) is 0.0772. The lowest BCUT2D eigenvalue weighted by Gasteiger charge is -2.13. The molecule has 0 saturated carbocycles. The van der Waals surface area contributed by atoms with Crippen molar-refractivity contribution < 1.29 is 23.4 Å². The molecule has 6 nitrogen and oxygen atoms in total. The zero-order valence-corrected chi connectivity index (χ0v) is 16.7. The van der Waals surface area contributed by atoms with Crippen LogP contribution in [0.1, 0.15) is 12.8 Å². The molecule has 1 aromatic heterocycles. The summed E-state index contributed by atoms with van der Waals surface area (Å²) in [5.41, 5.74) is 0.576. The summed E-state index contributed by atoms with van der Waals surface area (Å²) >= 11 is 3.43. The largest absolute Gasteiger partial charge is 0.496 e. The monoisotopic (exact) mass is 444 g/mol. The molecule has 1 atom stereocenters. The van der Waals surface area contributed by atoms with Gasteiger partial charge in [0, 0.05) is 12.2 Å². The Bertz CT molecular complexity index is 1100. The van der Waals surface area contributed by atoms with Gasteiger partial charge in [0.1, 0.15) is 11.3 Å². The second-order valence-corrected chi connectivity index (χ2v) is 7.21. The van der Waals surface area contributed by atoms with Gasteiger partial charge in [-0.3, -0.25) is 4.79 Å². The van der Waals surface area contributed by atoms with Crippen molar-refractivity contribution in [2.45, 2.75) is 18.9 Å². The van der Waals surface area contributed by atoms with Crippen LogP contribution in [0.25, 0.3) is 22.3 Å². The maximum Gasteiger partial charge on any atom is 0.340 e. The Kier molecular flexibility index (Phi) is 5.19. The van der Waals surface area contributed by atoms with E-state index in [1.54, 1.807) is 49.6 Å². The summed E-state index contributed by atoms with van der Waals surface area (Å²) < 4.78 is 22.8. The summed E-state index contributed by atoms with van der Waals surface area (Å²) in [4.78, 5) is 25.6. The van der Waals surface area contributed by atoms with E-state index in [2.05, 4.69) is 15.9 Å². The number of fused-ring (bicyclic) bond motifs is 1. The molecule has 1 saturated heterocycles. The average molecular weight is 445 g/mol. The third-order valence-corrected chi connectivity index (χ3v) is 5.19. The molecule has 0 aliphatic carbocycles. The summed E-state index contributed by atoms with van der Waals surface area (Å²) in [6.07, 6.45) is 0.687. The van der Waals surface area contributed by atoms with Gasteiger partial charge in [-0.2, -0.15) is 0 Å². The van der Waals surface area contributed by atoms with E-state index in [4.69, 9.17) is 18.6 Å². The number of carbonyl (C=O) groups excluding carboxylic acids is 1. The van der Waals surface area contributed by atoms with E-state index >= 15 is 0 Å². The lowest BCUT2D eigenvalue weighted by atomic mass is 10.1. The maximum atomic E-state index is 13.1. The van der Waals surface area contributed by atoms with Crippen molar-refractivity contribution >= 4 is 32.9 Å². The number of halogens is 1. The highest BCUT2D eigenvalue weighted by molar-refractivity contribution is 9.10. The standard InChI is InChI=1S/C21H17BrO6/c1-25-16-9-8-12(11-14(16)22)19-20(28-21(24)17-7-4-10-26-17)18(23)13-5-2-3-6-15(13)27-19/h2-3,5-6,8-9,11,17H,4,7,10H2,1H3. The van der Waals surface area contributed by atoms with Crippen LogP contribution in [0.4, 0.5) is 0 Å². The van der Waals surface area contributed by atoms with Crippen LogP contribution in [0.3, 0.4) is 0 Å². The number of ether oxygens (including phenoxy) is 3. The second kappa shape index (κ2) is 7.77. The summed E-state index contributed by atoms with van der Waals surface area (Å²) in [6, 6.07) is 12.1. The molecule has 1 aliphatic rings. The van der Waals surface area contributed by atoms with Gasteiger partial charge in [0.25, 0.3) is 0 Å². The highest BCUT2D eigenvalue weighted by Crippen LogP contribution is 2.35. The Hall–Kier alpha value is -2.64. The fourth-order valence-corrected chi connectivity index (χ4v) is 3.69. The molecule has 2 aromatic carbocycles. The Morgan fingerprint density at radius 2 is 2.04 bits per heavy atom. The molecule has 1 fully saturated rings. The molecule has 28 heavy (non-hydrogen) atoms. The van der Waals surface area contributed by atoms with E-state index < -0.39 is 17.5 Å². The van der Waals surface area contributed by atoms with Crippen molar-refractivity contribution in [1.29, 1.82) is 0 Å². The number of carbonyl (C=O) groups is 1. The lowest BCUT2D eigenvalue weighted by Crippen LogP contribution is -2.27. The van der Waals surface area contributed by atoms with Crippen molar-refractivity contribution in [2.24, 2.45) is 0 Å². The van der Waals surface area contributed by atoms with Gasteiger partial charge in [0.15, 0.2) is 11.9 Å². The van der Waals surface area contributed by atoms with Gasteiger partial charge in [0.05, 0.1) is 17.0 Å². The number of esters is 1. The molecule has 0 bridgehead atoms. The van der Waals surface area contributed by atoms with Crippen LogP contribution in [0.15, 0.2) is 56.1 Å². The Labute approximate surface area is 169 Å². The summed E-state index contributed by atoms with van der Waals surface area (Å²) in [6.45, 7) is 0.504. The van der Waals surface area contributed by atoms with Gasteiger partial charge in [0.2, 0.25) is 11.2 Å². The van der Waals surface area contributed by atoms with Crippen molar-refractivity contribution in [2.75, 3.05) is 13.7 Å². The van der Waals surface area contributed by atoms with Crippen LogP contribution in [0.2, 0.25) is 0 Å². The normalized spacial score (nSPS) is 16.3. The molecular formula is C21H17BrO6. The zero-order chi connectivity index (χ0) is 19.7. The van der Waals surface area contributed by atoms with Crippen LogP contribution in [-0.2, 0) is 9.53 Å². The van der Waals surface area contributed by atoms with Crippen LogP contribution in [0.5, 0.6) is 11.5 Å². The minimum absolute atomic E-state index is 0.142. The van der Waals surface area contributed by atoms with Crippen molar-refractivity contribution in [3.8, 4) is 22.8 Å². The Balaban J connectivity index is 1.87. The highest BCUT2D eigenvalue weighted by Gasteiger charge is 2.29. The van der Waals surface area contributed by atoms with E-state index in [1.807, 2.05) is 0 Å². The minimum Gasteiger partial charge on any atom is -0.496 e. The molecule has 4 rings (SSSR count). The average Bonchev–Trinajstić information content (AvgIpc) is 3.25. The quantitative estimate of drug-likeness (QED) is 0.557. The smallest absolute Gasteiger partial charge is 0.340 e. The molecule has 3 aromatic rings. The van der Waals surface area contributed by atoms with Gasteiger partial charge in [-0.1, -0.05) is 12.1 Å². The van der Waals surface area contributed by atoms with Crippen LogP contribution >= 0.6 is 15.9 Å². The predicted octanol–water partition coefficient (Wildman–Crippen LogP) is 4.32. The zero-order valence-electron chi connectivity index (χ0n) is 15.1. The molecular weight excluding hydrogens is 428 g/mol. The first kappa shape index (κ1) is 18.7. The van der Waals surface area contributed by atoms with Crippen molar-refractivity contribution in [3.05, 3.63) is 57.2 Å². The third kappa shape index (κ3) is 3.43. The van der Waals surface area contributed by atoms with Crippen LogP contribution in [0, 0.1) is 0 Å². The molecule has 7 heteroatoms. The van der Waals surface area contributed by atoms with E-state index in [9.17, 15) is 9.59 Å². The third-order valence-electron chi connectivity index (χ3n) is 4.57. The van der Waals surface area contributed by atoms with Gasteiger partial charge in [-0.05, 0) is 59.1 Å². The Morgan fingerprint density at radius 3 is 2.75 bits per heavy atom. The van der Waals surface area contributed by atoms with Gasteiger partial charge in [-0.25, -0.2) is 4.79 Å². The number of hydrogen-bond acceptors (Lipinski definition) is 6. The van der Waals surface area contributed by atoms with Crippen molar-refractivity contribution in [1.82, 2.24) is 0 Å². The number of para-hydroxylation sites is 1. The van der Waals surface area contributed by atoms with E-state index in [1.165, 1.54) is 0 Å². The molecule has 0 amide bonds. The molecule has 2 heterocycles. The minimum atomic E-state index is -0.665. The van der Waals surface area contributed by atoms with Crippen LogP contribution in [-0.4, -0.2) is 25.8 Å². The van der Waals surface area contributed by atoms with Gasteiger partial charge < -0.3 is 18.6 Å². The van der Waals surface area contributed by atoms with Gasteiger partial charge >= 0.3 is 5.97 Å². The first-order valence-corrected chi connectivity index (χ1v) is 9.61. The predicted molar refractivity (Wildman–Crippen MR) is 107 cm³/mol. The molecule has 0 radical (unpaired) electrons. The molecule has 0 N–H and O–H groups in total. The first-order chi connectivity index (χ1) is 13.6. The fourth-order valence-electron chi connectivity index (χ4n) is 3.15. The maximum absolute atomic E-state index is 13.1. The second-order valence-electron chi connectivity index (χ2n) is 6.36. The van der Waals surface area contributed by atoms with Gasteiger partial charge in [-0.15, -0.1) is 0 Å². The summed E-state index contributed by atoms with van der Waals surface area (Å²) in [5, 5.41) is 0.342. The number of hydrogen-bond donors (Lipinski definition) is 0. The Morgan fingerprint density at radius 1 is 1.21 bits per heavy atom. The number of rotatable bonds is 4. The van der Waals surface area contributed by atoms with Crippen molar-refractivity contribution in [3.63, 3.8) is 0 Å². The SMILES string of the molecule is COc1ccc(-c2oc3ccccc3c(=O)c2OC(=O)C2CCCO2)cc1Br. The van der Waals surface area contributed by atoms with E-state index in [-0.39, 0.29) is 11.5 Å². The number of benzene rings is 2. The van der Waals surface area contributed by atoms with E-state index in [0.29, 0.717) is 39.8 Å².